The number of alkyl halides is 3. The fraction of sp³-hybridized carbons (Fsp3) is 0.214. The molecule has 20 heavy (non-hydrogen) atoms. The van der Waals surface area contributed by atoms with E-state index in [2.05, 4.69) is 10.4 Å². The molecule has 2 rings (SSSR count). The molecular formula is C14H14F3N3. The van der Waals surface area contributed by atoms with E-state index in [1.165, 1.54) is 6.07 Å². The third-order valence-corrected chi connectivity index (χ3v) is 3.01. The maximum absolute atomic E-state index is 12.7. The largest absolute Gasteiger partial charge is 0.416 e. The number of hydrogen-bond acceptors (Lipinski definition) is 3. The predicted octanol–water partition coefficient (Wildman–Crippen LogP) is 2.85. The molecule has 2 aromatic rings. The number of hydrogen-bond donors (Lipinski definition) is 2. The first-order chi connectivity index (χ1) is 9.50. The summed E-state index contributed by atoms with van der Waals surface area (Å²) in [5, 5.41) is 0. The van der Waals surface area contributed by atoms with Crippen LogP contribution in [-0.4, -0.2) is 4.98 Å². The minimum Gasteiger partial charge on any atom is -0.271 e. The zero-order valence-electron chi connectivity index (χ0n) is 10.6. The summed E-state index contributed by atoms with van der Waals surface area (Å²) in [7, 11) is 0. The molecule has 0 aliphatic rings. The molecule has 0 aliphatic heterocycles. The summed E-state index contributed by atoms with van der Waals surface area (Å²) in [6, 6.07) is 8.39. The van der Waals surface area contributed by atoms with Gasteiger partial charge in [-0.1, -0.05) is 12.1 Å². The van der Waals surface area contributed by atoms with Crippen molar-refractivity contribution in [3.05, 3.63) is 65.5 Å². The Morgan fingerprint density at radius 3 is 2.45 bits per heavy atom. The van der Waals surface area contributed by atoms with Crippen molar-refractivity contribution in [2.75, 3.05) is 0 Å². The van der Waals surface area contributed by atoms with Gasteiger partial charge in [0.1, 0.15) is 0 Å². The Labute approximate surface area is 114 Å². The average molecular weight is 281 g/mol. The van der Waals surface area contributed by atoms with Crippen molar-refractivity contribution in [2.24, 2.45) is 5.84 Å². The Morgan fingerprint density at radius 2 is 1.85 bits per heavy atom. The maximum atomic E-state index is 12.7. The lowest BCUT2D eigenvalue weighted by Gasteiger charge is -2.18. The Kier molecular flexibility index (Phi) is 4.36. The van der Waals surface area contributed by atoms with Crippen LogP contribution in [-0.2, 0) is 12.6 Å². The van der Waals surface area contributed by atoms with Crippen molar-refractivity contribution in [1.82, 2.24) is 10.4 Å². The number of nitrogens with one attached hydrogen (secondary N) is 1. The van der Waals surface area contributed by atoms with Crippen LogP contribution in [0.15, 0.2) is 48.8 Å². The minimum absolute atomic E-state index is 0.389. The van der Waals surface area contributed by atoms with E-state index < -0.39 is 11.7 Å². The van der Waals surface area contributed by atoms with E-state index in [1.54, 1.807) is 30.6 Å². The van der Waals surface area contributed by atoms with Crippen LogP contribution in [0.2, 0.25) is 0 Å². The second kappa shape index (κ2) is 6.02. The number of hydrazine groups is 1. The first-order valence-corrected chi connectivity index (χ1v) is 6.03. The molecule has 1 unspecified atom stereocenters. The Morgan fingerprint density at radius 1 is 1.15 bits per heavy atom. The van der Waals surface area contributed by atoms with E-state index in [-0.39, 0.29) is 6.04 Å². The molecular weight excluding hydrogens is 267 g/mol. The third-order valence-electron chi connectivity index (χ3n) is 3.01. The number of rotatable bonds is 4. The van der Waals surface area contributed by atoms with Crippen LogP contribution < -0.4 is 11.3 Å². The normalized spacial score (nSPS) is 13.2. The van der Waals surface area contributed by atoms with Gasteiger partial charge >= 0.3 is 6.18 Å². The summed E-state index contributed by atoms with van der Waals surface area (Å²) < 4.78 is 38.1. The van der Waals surface area contributed by atoms with Crippen LogP contribution in [0.3, 0.4) is 0 Å². The van der Waals surface area contributed by atoms with E-state index >= 15 is 0 Å². The van der Waals surface area contributed by atoms with Gasteiger partial charge in [0.2, 0.25) is 0 Å². The maximum Gasteiger partial charge on any atom is 0.416 e. The van der Waals surface area contributed by atoms with Gasteiger partial charge in [-0.15, -0.1) is 0 Å². The highest BCUT2D eigenvalue weighted by Gasteiger charge is 2.30. The fourth-order valence-corrected chi connectivity index (χ4v) is 1.96. The fourth-order valence-electron chi connectivity index (χ4n) is 1.96. The number of halogens is 3. The second-order valence-corrected chi connectivity index (χ2v) is 4.40. The van der Waals surface area contributed by atoms with Crippen LogP contribution >= 0.6 is 0 Å². The van der Waals surface area contributed by atoms with Gasteiger partial charge in [-0.3, -0.25) is 16.3 Å². The summed E-state index contributed by atoms with van der Waals surface area (Å²) in [6.07, 6.45) is -0.601. The number of aromatic nitrogens is 1. The average Bonchev–Trinajstić information content (AvgIpc) is 2.45. The van der Waals surface area contributed by atoms with E-state index in [0.717, 1.165) is 17.7 Å². The molecule has 106 valence electrons. The SMILES string of the molecule is NNC(Cc1ccncc1)c1cccc(C(F)(F)F)c1. The van der Waals surface area contributed by atoms with Gasteiger partial charge in [0, 0.05) is 18.4 Å². The monoisotopic (exact) mass is 281 g/mol. The van der Waals surface area contributed by atoms with Gasteiger partial charge in [0.05, 0.1) is 5.56 Å². The molecule has 1 atom stereocenters. The number of benzene rings is 1. The number of pyridine rings is 1. The van der Waals surface area contributed by atoms with Gasteiger partial charge in [-0.2, -0.15) is 13.2 Å². The van der Waals surface area contributed by atoms with Gasteiger partial charge in [0.25, 0.3) is 0 Å². The molecule has 0 bridgehead atoms. The van der Waals surface area contributed by atoms with Gasteiger partial charge < -0.3 is 0 Å². The highest BCUT2D eigenvalue weighted by molar-refractivity contribution is 5.29. The lowest BCUT2D eigenvalue weighted by atomic mass is 9.98. The third kappa shape index (κ3) is 3.55. The van der Waals surface area contributed by atoms with Crippen molar-refractivity contribution in [1.29, 1.82) is 0 Å². The quantitative estimate of drug-likeness (QED) is 0.669. The minimum atomic E-state index is -4.36. The zero-order chi connectivity index (χ0) is 14.6. The first-order valence-electron chi connectivity index (χ1n) is 6.03. The number of nitrogens with zero attached hydrogens (tertiary/aromatic N) is 1. The van der Waals surface area contributed by atoms with Crippen LogP contribution in [0, 0.1) is 0 Å². The molecule has 1 aromatic carbocycles. The molecule has 1 heterocycles. The van der Waals surface area contributed by atoms with Gasteiger partial charge in [-0.25, -0.2) is 0 Å². The molecule has 0 radical (unpaired) electrons. The molecule has 3 N–H and O–H groups in total. The molecule has 3 nitrogen and oxygen atoms in total. The zero-order valence-corrected chi connectivity index (χ0v) is 10.6. The summed E-state index contributed by atoms with van der Waals surface area (Å²) in [5.41, 5.74) is 3.33. The van der Waals surface area contributed by atoms with Crippen LogP contribution in [0.1, 0.15) is 22.7 Å². The van der Waals surface area contributed by atoms with Crippen LogP contribution in [0.4, 0.5) is 13.2 Å². The molecule has 1 aromatic heterocycles. The van der Waals surface area contributed by atoms with Crippen LogP contribution in [0.5, 0.6) is 0 Å². The smallest absolute Gasteiger partial charge is 0.271 e. The topological polar surface area (TPSA) is 50.9 Å². The second-order valence-electron chi connectivity index (χ2n) is 4.40. The summed E-state index contributed by atoms with van der Waals surface area (Å²) in [4.78, 5) is 3.90. The van der Waals surface area contributed by atoms with E-state index in [1.807, 2.05) is 0 Å². The van der Waals surface area contributed by atoms with E-state index in [0.29, 0.717) is 12.0 Å². The summed E-state index contributed by atoms with van der Waals surface area (Å²) >= 11 is 0. The Bertz CT molecular complexity index is 555. The molecule has 0 fully saturated rings. The lowest BCUT2D eigenvalue weighted by Crippen LogP contribution is -2.29. The summed E-state index contributed by atoms with van der Waals surface area (Å²) in [5.74, 6) is 5.46. The van der Waals surface area contributed by atoms with Crippen molar-refractivity contribution in [3.63, 3.8) is 0 Å². The van der Waals surface area contributed by atoms with Crippen molar-refractivity contribution in [2.45, 2.75) is 18.6 Å². The number of nitrogens with two attached hydrogens (primary N) is 1. The molecule has 0 spiro atoms. The van der Waals surface area contributed by atoms with Crippen molar-refractivity contribution in [3.8, 4) is 0 Å². The summed E-state index contributed by atoms with van der Waals surface area (Å²) in [6.45, 7) is 0. The molecule has 6 heteroatoms. The highest BCUT2D eigenvalue weighted by atomic mass is 19.4. The molecule has 0 amide bonds. The van der Waals surface area contributed by atoms with E-state index in [9.17, 15) is 13.2 Å². The first kappa shape index (κ1) is 14.5. The highest BCUT2D eigenvalue weighted by Crippen LogP contribution is 2.31. The molecule has 0 saturated carbocycles. The van der Waals surface area contributed by atoms with E-state index in [4.69, 9.17) is 5.84 Å². The van der Waals surface area contributed by atoms with Crippen LogP contribution in [0.25, 0.3) is 0 Å². The lowest BCUT2D eigenvalue weighted by molar-refractivity contribution is -0.137. The van der Waals surface area contributed by atoms with Gasteiger partial charge in [-0.05, 0) is 41.8 Å². The van der Waals surface area contributed by atoms with Gasteiger partial charge in [0.15, 0.2) is 0 Å². The molecule has 0 saturated heterocycles. The van der Waals surface area contributed by atoms with Crippen molar-refractivity contribution >= 4 is 0 Å². The standard InChI is InChI=1S/C14H14F3N3/c15-14(16,17)12-3-1-2-11(9-12)13(20-18)8-10-4-6-19-7-5-10/h1-7,9,13,20H,8,18H2. The van der Waals surface area contributed by atoms with Crippen molar-refractivity contribution < 1.29 is 13.2 Å². The predicted molar refractivity (Wildman–Crippen MR) is 69.4 cm³/mol. The Hall–Kier alpha value is -1.92. The Balaban J connectivity index is 2.24. The molecule has 0 aliphatic carbocycles.